The summed E-state index contributed by atoms with van der Waals surface area (Å²) >= 11 is 0. The van der Waals surface area contributed by atoms with Crippen molar-refractivity contribution in [2.24, 2.45) is 0 Å². The average molecular weight is 133 g/mol. The second kappa shape index (κ2) is 1.48. The molecule has 0 aromatic rings. The lowest BCUT2D eigenvalue weighted by atomic mass is 10.0. The first-order chi connectivity index (χ1) is 5.19. The third-order valence-corrected chi connectivity index (χ3v) is 1.81. The summed E-state index contributed by atoms with van der Waals surface area (Å²) in [6, 6.07) is 0. The summed E-state index contributed by atoms with van der Waals surface area (Å²) in [6.07, 6.45) is -1.33. The molecule has 2 saturated heterocycles. The molecule has 4 atom stereocenters. The molecule has 9 heavy (non-hydrogen) atoms. The molecule has 52 valence electrons. The molecule has 3 heteroatoms. The van der Waals surface area contributed by atoms with Gasteiger partial charge in [0.25, 0.3) is 0 Å². The highest BCUT2D eigenvalue weighted by Crippen LogP contribution is 2.34. The largest absolute Gasteiger partial charge is 0.387 e. The number of hydrogen-bond acceptors (Lipinski definition) is 3. The fourth-order valence-corrected chi connectivity index (χ4v) is 1.13. The highest BCUT2D eigenvalue weighted by Gasteiger charge is 2.52. The summed E-state index contributed by atoms with van der Waals surface area (Å²) < 4.78 is 24.6. The Bertz CT molecular complexity index is 177. The van der Waals surface area contributed by atoms with E-state index in [1.54, 1.807) is 0 Å². The van der Waals surface area contributed by atoms with E-state index in [2.05, 4.69) is 0 Å². The lowest BCUT2D eigenvalue weighted by molar-refractivity contribution is -0.0900. The zero-order valence-electron chi connectivity index (χ0n) is 6.91. The Morgan fingerprint density at radius 2 is 3.00 bits per heavy atom. The normalized spacial score (nSPS) is 67.9. The van der Waals surface area contributed by atoms with Crippen molar-refractivity contribution < 1.29 is 17.3 Å². The minimum Gasteiger partial charge on any atom is -0.387 e. The minimum absolute atomic E-state index is 0.0416. The molecule has 0 aromatic carbocycles. The number of fused-ring (bicyclic) bond motifs is 2. The van der Waals surface area contributed by atoms with Crippen LogP contribution in [0.4, 0.5) is 0 Å². The molecule has 2 aliphatic rings. The highest BCUT2D eigenvalue weighted by molar-refractivity contribution is 5.00. The van der Waals surface area contributed by atoms with Gasteiger partial charge >= 0.3 is 0 Å². The molecular formula is C6H10O3. The van der Waals surface area contributed by atoms with Crippen molar-refractivity contribution in [3.8, 4) is 0 Å². The molecule has 3 nitrogen and oxygen atoms in total. The number of aliphatic hydroxyl groups is 1. The van der Waals surface area contributed by atoms with E-state index in [-0.39, 0.29) is 13.5 Å². The fourth-order valence-electron chi connectivity index (χ4n) is 1.13. The maximum Gasteiger partial charge on any atom is 0.117 e. The van der Waals surface area contributed by atoms with Gasteiger partial charge in [-0.2, -0.15) is 0 Å². The van der Waals surface area contributed by atoms with Gasteiger partial charge in [-0.1, -0.05) is 0 Å². The first kappa shape index (κ1) is 3.91. The van der Waals surface area contributed by atoms with Gasteiger partial charge in [-0.05, 0) is 6.90 Å². The van der Waals surface area contributed by atoms with Gasteiger partial charge in [0.2, 0.25) is 0 Å². The summed E-state index contributed by atoms with van der Waals surface area (Å²) in [7, 11) is 0. The molecule has 2 bridgehead atoms. The van der Waals surface area contributed by atoms with Crippen LogP contribution in [-0.4, -0.2) is 36.1 Å². The molecule has 0 aliphatic carbocycles. The Hall–Kier alpha value is -0.120. The summed E-state index contributed by atoms with van der Waals surface area (Å²) in [5.74, 6) is 0. The third-order valence-electron chi connectivity index (χ3n) is 1.81. The molecule has 2 heterocycles. The van der Waals surface area contributed by atoms with E-state index in [1.807, 2.05) is 0 Å². The van der Waals surface area contributed by atoms with Crippen molar-refractivity contribution in [3.05, 3.63) is 0 Å². The zero-order chi connectivity index (χ0) is 8.06. The van der Waals surface area contributed by atoms with E-state index < -0.39 is 24.4 Å². The molecular weight excluding hydrogens is 120 g/mol. The lowest BCUT2D eigenvalue weighted by Crippen LogP contribution is -2.35. The van der Waals surface area contributed by atoms with Crippen LogP contribution in [0, 0.1) is 0 Å². The Balaban J connectivity index is 2.24. The van der Waals surface area contributed by atoms with Gasteiger partial charge in [-0.3, -0.25) is 0 Å². The number of ether oxygens (including phenoxy) is 2. The van der Waals surface area contributed by atoms with Gasteiger partial charge in [0, 0.05) is 1.37 Å². The molecule has 2 rings (SSSR count). The molecule has 2 aliphatic heterocycles. The van der Waals surface area contributed by atoms with Crippen LogP contribution in [0.3, 0.4) is 0 Å². The van der Waals surface area contributed by atoms with Crippen LogP contribution >= 0.6 is 0 Å². The predicted octanol–water partition coefficient (Wildman–Crippen LogP) is -0.465. The van der Waals surface area contributed by atoms with Gasteiger partial charge < -0.3 is 14.6 Å². The van der Waals surface area contributed by atoms with E-state index in [0.717, 1.165) is 0 Å². The molecule has 0 radical (unpaired) electrons. The third kappa shape index (κ3) is 0.569. The van der Waals surface area contributed by atoms with Gasteiger partial charge in [0.1, 0.15) is 17.8 Å². The van der Waals surface area contributed by atoms with E-state index in [9.17, 15) is 5.11 Å². The molecule has 1 N–H and O–H groups in total. The summed E-state index contributed by atoms with van der Waals surface area (Å²) in [5, 5.41) is 9.46. The summed E-state index contributed by atoms with van der Waals surface area (Å²) in [6.45, 7) is -0.610. The van der Waals surface area contributed by atoms with Crippen LogP contribution in [-0.2, 0) is 9.47 Å². The van der Waals surface area contributed by atoms with Gasteiger partial charge in [-0.15, -0.1) is 0 Å². The van der Waals surface area contributed by atoms with Crippen LogP contribution in [0.1, 0.15) is 9.64 Å². The van der Waals surface area contributed by atoms with E-state index in [1.165, 1.54) is 0 Å². The lowest BCUT2D eigenvalue weighted by Gasteiger charge is -2.20. The average Bonchev–Trinajstić information content (AvgIpc) is 2.42. The maximum absolute atomic E-state index is 9.46. The number of hydrogen-bond donors (Lipinski definition) is 1. The molecule has 2 fully saturated rings. The Morgan fingerprint density at radius 3 is 3.33 bits per heavy atom. The van der Waals surface area contributed by atoms with Crippen LogP contribution in [0.25, 0.3) is 0 Å². The predicted molar refractivity (Wildman–Crippen MR) is 30.1 cm³/mol. The molecule has 0 amide bonds. The molecule has 0 aromatic heterocycles. The zero-order valence-corrected chi connectivity index (χ0v) is 4.91. The quantitative estimate of drug-likeness (QED) is 0.485. The van der Waals surface area contributed by atoms with Crippen molar-refractivity contribution in [1.82, 2.24) is 0 Å². The molecule has 0 spiro atoms. The van der Waals surface area contributed by atoms with Crippen LogP contribution in [0.15, 0.2) is 0 Å². The summed E-state index contributed by atoms with van der Waals surface area (Å²) in [5.41, 5.74) is -0.906. The van der Waals surface area contributed by atoms with Crippen LogP contribution in [0.5, 0.6) is 0 Å². The van der Waals surface area contributed by atoms with Crippen molar-refractivity contribution in [3.63, 3.8) is 0 Å². The second-order valence-corrected chi connectivity index (χ2v) is 2.54. The van der Waals surface area contributed by atoms with Gasteiger partial charge in [0.05, 0.1) is 14.6 Å². The molecule has 0 saturated carbocycles. The monoisotopic (exact) mass is 133 g/mol. The SMILES string of the molecule is [2H]C[C@]12CO[C@@H](C1O)[C@H]([3H])O2. The van der Waals surface area contributed by atoms with E-state index >= 15 is 0 Å². The standard InChI is InChI=1S/C6H10O3/c1-6-3-8-4(2-9-6)5(6)7/h4-5,7H,2-3H2,1H3/t4-,5?,6+/m1/s1/i1D,2T/t2-,4+,5?,6-/m0. The van der Waals surface area contributed by atoms with Crippen molar-refractivity contribution in [2.75, 3.05) is 13.2 Å². The van der Waals surface area contributed by atoms with Crippen molar-refractivity contribution >= 4 is 0 Å². The van der Waals surface area contributed by atoms with Gasteiger partial charge in [-0.25, -0.2) is 0 Å². The first-order valence-electron chi connectivity index (χ1n) is 4.17. The summed E-state index contributed by atoms with van der Waals surface area (Å²) in [4.78, 5) is 0. The van der Waals surface area contributed by atoms with Gasteiger partial charge in [0.15, 0.2) is 0 Å². The fraction of sp³-hybridized carbons (Fsp3) is 1.00. The van der Waals surface area contributed by atoms with Crippen molar-refractivity contribution in [1.29, 1.82) is 0 Å². The first-order valence-corrected chi connectivity index (χ1v) is 2.88. The van der Waals surface area contributed by atoms with Crippen LogP contribution in [0.2, 0.25) is 0 Å². The highest BCUT2D eigenvalue weighted by atomic mass is 16.6. The second-order valence-electron chi connectivity index (χ2n) is 2.54. The van der Waals surface area contributed by atoms with Crippen LogP contribution < -0.4 is 0 Å². The topological polar surface area (TPSA) is 38.7 Å². The maximum atomic E-state index is 9.46. The van der Waals surface area contributed by atoms with Crippen molar-refractivity contribution in [2.45, 2.75) is 24.7 Å². The Kier molecular flexibility index (Phi) is 0.642. The number of aliphatic hydroxyl groups excluding tert-OH is 1. The smallest absolute Gasteiger partial charge is 0.117 e. The Labute approximate surface area is 56.4 Å². The van der Waals surface area contributed by atoms with E-state index in [4.69, 9.17) is 12.2 Å². The number of rotatable bonds is 0. The Morgan fingerprint density at radius 1 is 2.11 bits per heavy atom. The van der Waals surface area contributed by atoms with E-state index in [0.29, 0.717) is 0 Å². The minimum atomic E-state index is -0.906. The molecule has 1 unspecified atom stereocenters.